The minimum Gasteiger partial charge on any atom is -0.497 e. The minimum atomic E-state index is 0.0424. The molecule has 1 aliphatic heterocycles. The molecular formula is C10H9NO2. The maximum atomic E-state index is 11.0. The van der Waals surface area contributed by atoms with Crippen LogP contribution in [0.5, 0.6) is 5.75 Å². The number of carbonyl (C=O) groups excluding carboxylic acids is 1. The fourth-order valence-corrected chi connectivity index (χ4v) is 1.33. The molecule has 0 aliphatic carbocycles. The van der Waals surface area contributed by atoms with Gasteiger partial charge < -0.3 is 4.74 Å². The third-order valence-electron chi connectivity index (χ3n) is 2.00. The van der Waals surface area contributed by atoms with E-state index in [1.54, 1.807) is 7.11 Å². The summed E-state index contributed by atoms with van der Waals surface area (Å²) in [4.78, 5) is 15.1. The summed E-state index contributed by atoms with van der Waals surface area (Å²) in [6, 6.07) is 5.55. The molecule has 13 heavy (non-hydrogen) atoms. The van der Waals surface area contributed by atoms with E-state index in [0.717, 1.165) is 17.0 Å². The van der Waals surface area contributed by atoms with Gasteiger partial charge in [-0.1, -0.05) is 0 Å². The fraction of sp³-hybridized carbons (Fsp3) is 0.200. The van der Waals surface area contributed by atoms with Crippen LogP contribution in [0.4, 0.5) is 5.69 Å². The monoisotopic (exact) mass is 175 g/mol. The fourth-order valence-electron chi connectivity index (χ4n) is 1.33. The predicted molar refractivity (Wildman–Crippen MR) is 49.9 cm³/mol. The molecule has 0 bridgehead atoms. The van der Waals surface area contributed by atoms with Gasteiger partial charge in [0.15, 0.2) is 5.78 Å². The molecule has 0 unspecified atom stereocenters. The molecule has 0 N–H and O–H groups in total. The first-order chi connectivity index (χ1) is 6.29. The Kier molecular flexibility index (Phi) is 1.85. The van der Waals surface area contributed by atoms with Crippen LogP contribution in [0.1, 0.15) is 5.56 Å². The Labute approximate surface area is 76.1 Å². The van der Waals surface area contributed by atoms with Crippen LogP contribution in [0.3, 0.4) is 0 Å². The number of benzene rings is 1. The van der Waals surface area contributed by atoms with Crippen LogP contribution >= 0.6 is 0 Å². The van der Waals surface area contributed by atoms with Crippen molar-refractivity contribution in [3.63, 3.8) is 0 Å². The van der Waals surface area contributed by atoms with Crippen LogP contribution in [0.15, 0.2) is 23.2 Å². The number of hydrogen-bond donors (Lipinski definition) is 0. The van der Waals surface area contributed by atoms with Crippen molar-refractivity contribution in [3.8, 4) is 5.75 Å². The van der Waals surface area contributed by atoms with Gasteiger partial charge >= 0.3 is 0 Å². The molecule has 1 aromatic rings. The van der Waals surface area contributed by atoms with Gasteiger partial charge in [-0.05, 0) is 23.8 Å². The highest BCUT2D eigenvalue weighted by Crippen LogP contribution is 2.26. The Morgan fingerprint density at radius 1 is 1.46 bits per heavy atom. The molecule has 0 aromatic heterocycles. The predicted octanol–water partition coefficient (Wildman–Crippen LogP) is 1.52. The maximum absolute atomic E-state index is 11.0. The van der Waals surface area contributed by atoms with Crippen LogP contribution in [0.2, 0.25) is 0 Å². The van der Waals surface area contributed by atoms with E-state index in [2.05, 4.69) is 4.99 Å². The van der Waals surface area contributed by atoms with Crippen LogP contribution < -0.4 is 4.74 Å². The van der Waals surface area contributed by atoms with Gasteiger partial charge in [-0.25, -0.2) is 0 Å². The highest BCUT2D eigenvalue weighted by atomic mass is 16.5. The zero-order chi connectivity index (χ0) is 9.26. The van der Waals surface area contributed by atoms with Gasteiger partial charge in [-0.2, -0.15) is 0 Å². The molecule has 0 radical (unpaired) electrons. The number of fused-ring (bicyclic) bond motifs is 1. The molecule has 3 heteroatoms. The van der Waals surface area contributed by atoms with E-state index in [9.17, 15) is 4.79 Å². The van der Waals surface area contributed by atoms with Crippen molar-refractivity contribution in [1.82, 2.24) is 0 Å². The quantitative estimate of drug-likeness (QED) is 0.649. The van der Waals surface area contributed by atoms with E-state index >= 15 is 0 Å². The summed E-state index contributed by atoms with van der Waals surface area (Å²) in [5, 5.41) is 0. The first-order valence-corrected chi connectivity index (χ1v) is 4.03. The second-order valence-electron chi connectivity index (χ2n) is 2.90. The molecule has 66 valence electrons. The van der Waals surface area contributed by atoms with Gasteiger partial charge in [-0.15, -0.1) is 0 Å². The summed E-state index contributed by atoms with van der Waals surface area (Å²) >= 11 is 0. The second-order valence-corrected chi connectivity index (χ2v) is 2.90. The minimum absolute atomic E-state index is 0.0424. The number of methoxy groups -OCH3 is 1. The van der Waals surface area contributed by atoms with Gasteiger partial charge in [0, 0.05) is 6.42 Å². The lowest BCUT2D eigenvalue weighted by atomic mass is 10.0. The zero-order valence-corrected chi connectivity index (χ0v) is 7.28. The lowest BCUT2D eigenvalue weighted by Gasteiger charge is -2.09. The van der Waals surface area contributed by atoms with Gasteiger partial charge in [0.1, 0.15) is 5.75 Å². The highest BCUT2D eigenvalue weighted by Gasteiger charge is 2.11. The summed E-state index contributed by atoms with van der Waals surface area (Å²) < 4.78 is 5.05. The second kappa shape index (κ2) is 3.01. The van der Waals surface area contributed by atoms with Crippen molar-refractivity contribution < 1.29 is 9.53 Å². The average Bonchev–Trinajstić information content (AvgIpc) is 2.16. The Morgan fingerprint density at radius 3 is 3.08 bits per heavy atom. The molecule has 0 amide bonds. The summed E-state index contributed by atoms with van der Waals surface area (Å²) in [6.45, 7) is 0. The van der Waals surface area contributed by atoms with E-state index in [4.69, 9.17) is 4.74 Å². The lowest BCUT2D eigenvalue weighted by molar-refractivity contribution is -0.112. The molecule has 2 rings (SSSR count). The number of ketones is 1. The van der Waals surface area contributed by atoms with E-state index < -0.39 is 0 Å². The first kappa shape index (κ1) is 7.98. The van der Waals surface area contributed by atoms with Crippen molar-refractivity contribution in [1.29, 1.82) is 0 Å². The highest BCUT2D eigenvalue weighted by molar-refractivity contribution is 6.29. The number of rotatable bonds is 1. The average molecular weight is 175 g/mol. The van der Waals surface area contributed by atoms with E-state index in [1.807, 2.05) is 18.2 Å². The molecule has 0 atom stereocenters. The molecule has 0 fully saturated rings. The smallest absolute Gasteiger partial charge is 0.178 e. The van der Waals surface area contributed by atoms with E-state index in [0.29, 0.717) is 6.42 Å². The molecular weight excluding hydrogens is 166 g/mol. The van der Waals surface area contributed by atoms with Gasteiger partial charge in [-0.3, -0.25) is 9.79 Å². The summed E-state index contributed by atoms with van der Waals surface area (Å²) in [7, 11) is 1.61. The molecule has 0 spiro atoms. The van der Waals surface area contributed by atoms with Crippen LogP contribution in [-0.4, -0.2) is 19.1 Å². The largest absolute Gasteiger partial charge is 0.497 e. The number of carbonyl (C=O) groups is 1. The Hall–Kier alpha value is -1.64. The van der Waals surface area contributed by atoms with Gasteiger partial charge in [0.25, 0.3) is 0 Å². The van der Waals surface area contributed by atoms with Crippen LogP contribution in [0, 0.1) is 0 Å². The molecule has 0 saturated heterocycles. The number of aliphatic imine (C=N–C) groups is 1. The Bertz CT molecular complexity index is 383. The number of nitrogens with zero attached hydrogens (tertiary/aromatic N) is 1. The van der Waals surface area contributed by atoms with E-state index in [1.165, 1.54) is 6.21 Å². The molecule has 1 heterocycles. The zero-order valence-electron chi connectivity index (χ0n) is 7.28. The summed E-state index contributed by atoms with van der Waals surface area (Å²) in [5.41, 5.74) is 1.80. The third kappa shape index (κ3) is 1.45. The van der Waals surface area contributed by atoms with Crippen molar-refractivity contribution in [2.45, 2.75) is 6.42 Å². The van der Waals surface area contributed by atoms with Crippen LogP contribution in [-0.2, 0) is 11.2 Å². The van der Waals surface area contributed by atoms with Crippen molar-refractivity contribution >= 4 is 17.7 Å². The third-order valence-corrected chi connectivity index (χ3v) is 2.00. The van der Waals surface area contributed by atoms with Gasteiger partial charge in [0.2, 0.25) is 0 Å². The number of hydrogen-bond acceptors (Lipinski definition) is 3. The molecule has 0 saturated carbocycles. The number of Topliss-reactive ketones (excluding diaryl/α,β-unsaturated/α-hetero) is 1. The summed E-state index contributed by atoms with van der Waals surface area (Å²) in [5.74, 6) is 0.810. The Morgan fingerprint density at radius 2 is 2.31 bits per heavy atom. The summed E-state index contributed by atoms with van der Waals surface area (Å²) in [6.07, 6.45) is 1.80. The maximum Gasteiger partial charge on any atom is 0.178 e. The first-order valence-electron chi connectivity index (χ1n) is 4.03. The Balaban J connectivity index is 2.46. The van der Waals surface area contributed by atoms with Crippen LogP contribution in [0.25, 0.3) is 0 Å². The van der Waals surface area contributed by atoms with Gasteiger partial charge in [0.05, 0.1) is 19.0 Å². The van der Waals surface area contributed by atoms with Crippen molar-refractivity contribution in [2.24, 2.45) is 4.99 Å². The van der Waals surface area contributed by atoms with Crippen molar-refractivity contribution in [2.75, 3.05) is 7.11 Å². The van der Waals surface area contributed by atoms with Crippen molar-refractivity contribution in [3.05, 3.63) is 23.8 Å². The molecule has 1 aliphatic rings. The molecule has 1 aromatic carbocycles. The SMILES string of the molecule is COc1ccc2c(c1)CC(=O)C=N2. The molecule has 3 nitrogen and oxygen atoms in total. The standard InChI is InChI=1S/C10H9NO2/c1-13-9-2-3-10-7(5-9)4-8(12)6-11-10/h2-3,5-6H,4H2,1H3. The number of ether oxygens (including phenoxy) is 1. The topological polar surface area (TPSA) is 38.7 Å². The lowest BCUT2D eigenvalue weighted by Crippen LogP contribution is -2.08. The van der Waals surface area contributed by atoms with E-state index in [-0.39, 0.29) is 5.78 Å². The normalized spacial score (nSPS) is 14.1.